The molecule has 0 saturated carbocycles. The van der Waals surface area contributed by atoms with Crippen molar-refractivity contribution in [3.8, 4) is 0 Å². The summed E-state index contributed by atoms with van der Waals surface area (Å²) in [6.07, 6.45) is -3.88. The van der Waals surface area contributed by atoms with Gasteiger partial charge < -0.3 is 4.57 Å². The number of nitrogens with zero attached hydrogens (tertiary/aromatic N) is 1. The number of aryl methyl sites for hydroxylation is 1. The molecule has 0 aliphatic rings. The van der Waals surface area contributed by atoms with Crippen LogP contribution in [-0.4, -0.2) is 25.0 Å². The Morgan fingerprint density at radius 2 is 1.68 bits per heavy atom. The molecular formula is C22H21F3N2O3S. The van der Waals surface area contributed by atoms with E-state index in [-0.39, 0.29) is 23.5 Å². The molecular weight excluding hydrogens is 429 g/mol. The maximum Gasteiger partial charge on any atom is 0.416 e. The third-order valence-corrected chi connectivity index (χ3v) is 5.47. The molecule has 0 unspecified atom stereocenters. The number of hydrogen-bond donors (Lipinski definition) is 1. The van der Waals surface area contributed by atoms with Gasteiger partial charge in [0.1, 0.15) is 0 Å². The first-order valence-corrected chi connectivity index (χ1v) is 11.2. The maximum atomic E-state index is 13.6. The molecule has 0 saturated heterocycles. The number of benzene rings is 2. The van der Waals surface area contributed by atoms with Crippen LogP contribution in [0.1, 0.15) is 38.4 Å². The van der Waals surface area contributed by atoms with Crippen molar-refractivity contribution in [1.29, 1.82) is 0 Å². The lowest BCUT2D eigenvalue weighted by Gasteiger charge is -2.16. The van der Waals surface area contributed by atoms with Crippen LogP contribution in [0.25, 0.3) is 0 Å². The second-order valence-electron chi connectivity index (χ2n) is 7.38. The van der Waals surface area contributed by atoms with Gasteiger partial charge in [-0.05, 0) is 36.8 Å². The van der Waals surface area contributed by atoms with Gasteiger partial charge in [-0.3, -0.25) is 9.52 Å². The molecule has 0 aliphatic heterocycles. The van der Waals surface area contributed by atoms with Gasteiger partial charge in [0.05, 0.1) is 17.5 Å². The minimum absolute atomic E-state index is 0.0258. The highest BCUT2D eigenvalue weighted by atomic mass is 32.2. The average molecular weight is 450 g/mol. The summed E-state index contributed by atoms with van der Waals surface area (Å²) in [6, 6.07) is 13.6. The van der Waals surface area contributed by atoms with Crippen molar-refractivity contribution in [3.05, 3.63) is 88.2 Å². The zero-order valence-electron chi connectivity index (χ0n) is 17.1. The number of sulfonamides is 1. The molecule has 0 atom stereocenters. The molecule has 2 aromatic carbocycles. The number of anilines is 1. The first-order chi connectivity index (χ1) is 14.3. The van der Waals surface area contributed by atoms with Gasteiger partial charge in [0.2, 0.25) is 15.8 Å². The van der Waals surface area contributed by atoms with Gasteiger partial charge in [0.25, 0.3) is 0 Å². The summed E-state index contributed by atoms with van der Waals surface area (Å²) in [5.74, 6) is -0.225. The predicted octanol–water partition coefficient (Wildman–Crippen LogP) is 4.55. The Morgan fingerprint density at radius 1 is 1.03 bits per heavy atom. The third-order valence-electron chi connectivity index (χ3n) is 4.86. The van der Waals surface area contributed by atoms with Gasteiger partial charge >= 0.3 is 6.18 Å². The summed E-state index contributed by atoms with van der Waals surface area (Å²) in [7, 11) is -2.08. The van der Waals surface area contributed by atoms with Crippen molar-refractivity contribution in [2.24, 2.45) is 7.05 Å². The van der Waals surface area contributed by atoms with Crippen LogP contribution in [0.2, 0.25) is 0 Å². The number of halogens is 3. The normalized spacial score (nSPS) is 12.1. The fraction of sp³-hybridized carbons (Fsp3) is 0.227. The monoisotopic (exact) mass is 450 g/mol. The van der Waals surface area contributed by atoms with Crippen molar-refractivity contribution >= 4 is 21.5 Å². The Morgan fingerprint density at radius 3 is 2.26 bits per heavy atom. The number of alkyl halides is 3. The van der Waals surface area contributed by atoms with Crippen molar-refractivity contribution < 1.29 is 26.4 Å². The second-order valence-corrected chi connectivity index (χ2v) is 9.13. The number of carbonyl (C=O) groups is 1. The fourth-order valence-electron chi connectivity index (χ4n) is 3.28. The van der Waals surface area contributed by atoms with Crippen LogP contribution in [-0.2, 0) is 29.7 Å². The maximum absolute atomic E-state index is 13.6. The van der Waals surface area contributed by atoms with Crippen LogP contribution in [0.5, 0.6) is 0 Å². The summed E-state index contributed by atoms with van der Waals surface area (Å²) < 4.78 is 67.2. The molecule has 1 N–H and O–H groups in total. The number of rotatable bonds is 6. The molecule has 3 aromatic rings. The molecule has 0 fully saturated rings. The number of ketones is 1. The Labute approximate surface area is 178 Å². The van der Waals surface area contributed by atoms with Gasteiger partial charge in [-0.1, -0.05) is 35.9 Å². The average Bonchev–Trinajstić information content (AvgIpc) is 3.01. The van der Waals surface area contributed by atoms with E-state index in [4.69, 9.17) is 0 Å². The van der Waals surface area contributed by atoms with E-state index in [1.165, 1.54) is 12.1 Å². The molecule has 1 heterocycles. The Hall–Kier alpha value is -3.07. The molecule has 0 bridgehead atoms. The first-order valence-electron chi connectivity index (χ1n) is 9.29. The number of nitrogens with one attached hydrogen (secondary N) is 1. The molecule has 0 aliphatic carbocycles. The Bertz CT molecular complexity index is 1230. The largest absolute Gasteiger partial charge is 0.416 e. The van der Waals surface area contributed by atoms with Crippen molar-refractivity contribution in [2.75, 3.05) is 11.0 Å². The van der Waals surface area contributed by atoms with Crippen LogP contribution >= 0.6 is 0 Å². The second kappa shape index (κ2) is 8.22. The topological polar surface area (TPSA) is 68.2 Å². The minimum atomic E-state index is -4.67. The molecule has 0 amide bonds. The SMILES string of the molecule is Cc1ccc(C(=O)c2ccc(Cc3ccc(NS(C)(=O)=O)cc3C(F)(F)F)n2C)cc1. The van der Waals surface area contributed by atoms with Crippen molar-refractivity contribution in [1.82, 2.24) is 4.57 Å². The quantitative estimate of drug-likeness (QED) is 0.561. The Kier molecular flexibility index (Phi) is 6.00. The molecule has 0 radical (unpaired) electrons. The van der Waals surface area contributed by atoms with Gasteiger partial charge in [-0.2, -0.15) is 13.2 Å². The first kappa shape index (κ1) is 22.6. The highest BCUT2D eigenvalue weighted by Gasteiger charge is 2.34. The summed E-state index contributed by atoms with van der Waals surface area (Å²) in [5, 5.41) is 0. The van der Waals surface area contributed by atoms with Crippen LogP contribution in [0.15, 0.2) is 54.6 Å². The molecule has 3 rings (SSSR count). The molecule has 164 valence electrons. The molecule has 9 heteroatoms. The summed E-state index contributed by atoms with van der Waals surface area (Å²) in [6.45, 7) is 1.91. The van der Waals surface area contributed by atoms with Crippen LogP contribution < -0.4 is 4.72 Å². The lowest BCUT2D eigenvalue weighted by atomic mass is 10.0. The van der Waals surface area contributed by atoms with E-state index in [1.54, 1.807) is 35.9 Å². The van der Waals surface area contributed by atoms with E-state index in [0.29, 0.717) is 17.0 Å². The molecule has 1 aromatic heterocycles. The smallest absolute Gasteiger partial charge is 0.345 e. The Balaban J connectivity index is 1.94. The van der Waals surface area contributed by atoms with E-state index in [2.05, 4.69) is 4.72 Å². The highest BCUT2D eigenvalue weighted by molar-refractivity contribution is 7.92. The van der Waals surface area contributed by atoms with E-state index in [1.807, 2.05) is 19.1 Å². The number of hydrogen-bond acceptors (Lipinski definition) is 3. The predicted molar refractivity (Wildman–Crippen MR) is 113 cm³/mol. The van der Waals surface area contributed by atoms with Crippen molar-refractivity contribution in [3.63, 3.8) is 0 Å². The lowest BCUT2D eigenvalue weighted by Crippen LogP contribution is -2.14. The van der Waals surface area contributed by atoms with Crippen LogP contribution in [0.3, 0.4) is 0 Å². The molecule has 5 nitrogen and oxygen atoms in total. The van der Waals surface area contributed by atoms with E-state index in [9.17, 15) is 26.4 Å². The summed E-state index contributed by atoms with van der Waals surface area (Å²) in [5.41, 5.74) is 1.26. The number of aromatic nitrogens is 1. The third kappa shape index (κ3) is 5.35. The van der Waals surface area contributed by atoms with Gasteiger partial charge in [0.15, 0.2) is 0 Å². The number of carbonyl (C=O) groups excluding carboxylic acids is 1. The molecule has 0 spiro atoms. The van der Waals surface area contributed by atoms with Gasteiger partial charge in [-0.25, -0.2) is 8.42 Å². The summed E-state index contributed by atoms with van der Waals surface area (Å²) in [4.78, 5) is 12.8. The molecule has 31 heavy (non-hydrogen) atoms. The van der Waals surface area contributed by atoms with Crippen LogP contribution in [0.4, 0.5) is 18.9 Å². The zero-order chi connectivity index (χ0) is 23.0. The minimum Gasteiger partial charge on any atom is -0.345 e. The van der Waals surface area contributed by atoms with E-state index in [0.717, 1.165) is 17.9 Å². The van der Waals surface area contributed by atoms with Gasteiger partial charge in [-0.15, -0.1) is 0 Å². The van der Waals surface area contributed by atoms with Gasteiger partial charge in [0, 0.05) is 30.4 Å². The lowest BCUT2D eigenvalue weighted by molar-refractivity contribution is -0.138. The van der Waals surface area contributed by atoms with E-state index >= 15 is 0 Å². The fourth-order valence-corrected chi connectivity index (χ4v) is 3.83. The highest BCUT2D eigenvalue weighted by Crippen LogP contribution is 2.35. The summed E-state index contributed by atoms with van der Waals surface area (Å²) >= 11 is 0. The van der Waals surface area contributed by atoms with E-state index < -0.39 is 21.8 Å². The standard InChI is InChI=1S/C22H21F3N2O3S/c1-14-4-6-15(7-5-14)21(28)20-11-10-18(27(20)2)12-16-8-9-17(26-31(3,29)30)13-19(16)22(23,24)25/h4-11,13,26H,12H2,1-3H3. The van der Waals surface area contributed by atoms with Crippen molar-refractivity contribution in [2.45, 2.75) is 19.5 Å². The van der Waals surface area contributed by atoms with Crippen LogP contribution in [0, 0.1) is 6.92 Å². The zero-order valence-corrected chi connectivity index (χ0v) is 17.9.